The second-order valence-corrected chi connectivity index (χ2v) is 5.64. The fourth-order valence-corrected chi connectivity index (χ4v) is 2.73. The van der Waals surface area contributed by atoms with Crippen LogP contribution in [0.3, 0.4) is 0 Å². The average molecular weight is 350 g/mol. The molecule has 1 aliphatic heterocycles. The number of hydrogen-bond acceptors (Lipinski definition) is 5. The van der Waals surface area contributed by atoms with Crippen molar-refractivity contribution in [2.24, 2.45) is 0 Å². The molecular formula is C18H26N2O5. The van der Waals surface area contributed by atoms with Gasteiger partial charge in [-0.05, 0) is 32.0 Å². The molecule has 0 N–H and O–H groups in total. The zero-order valence-electron chi connectivity index (χ0n) is 15.1. The van der Waals surface area contributed by atoms with E-state index in [2.05, 4.69) is 0 Å². The summed E-state index contributed by atoms with van der Waals surface area (Å²) in [5, 5.41) is 0. The van der Waals surface area contributed by atoms with Crippen molar-refractivity contribution in [1.82, 2.24) is 9.80 Å². The van der Waals surface area contributed by atoms with Crippen molar-refractivity contribution < 1.29 is 23.8 Å². The number of hydrogen-bond donors (Lipinski definition) is 0. The van der Waals surface area contributed by atoms with Crippen LogP contribution in [0.2, 0.25) is 0 Å². The number of ether oxygens (including phenoxy) is 3. The second-order valence-electron chi connectivity index (χ2n) is 5.64. The lowest BCUT2D eigenvalue weighted by molar-refractivity contribution is 0.0570. The predicted molar refractivity (Wildman–Crippen MR) is 92.8 cm³/mol. The van der Waals surface area contributed by atoms with Crippen molar-refractivity contribution >= 4 is 12.0 Å². The van der Waals surface area contributed by atoms with E-state index < -0.39 is 0 Å². The molecule has 1 aromatic rings. The van der Waals surface area contributed by atoms with Crippen molar-refractivity contribution in [1.29, 1.82) is 0 Å². The van der Waals surface area contributed by atoms with Crippen LogP contribution in [0.4, 0.5) is 4.79 Å². The van der Waals surface area contributed by atoms with Gasteiger partial charge in [-0.2, -0.15) is 0 Å². The summed E-state index contributed by atoms with van der Waals surface area (Å²) in [5.41, 5.74) is 1.44. The van der Waals surface area contributed by atoms with E-state index in [1.807, 2.05) is 13.0 Å². The Hall–Kier alpha value is -2.28. The summed E-state index contributed by atoms with van der Waals surface area (Å²) >= 11 is 0. The first-order valence-electron chi connectivity index (χ1n) is 8.56. The number of methoxy groups -OCH3 is 1. The molecule has 0 radical (unpaired) electrons. The monoisotopic (exact) mass is 350 g/mol. The Bertz CT molecular complexity index is 597. The van der Waals surface area contributed by atoms with Gasteiger partial charge in [-0.15, -0.1) is 0 Å². The Morgan fingerprint density at radius 1 is 1.04 bits per heavy atom. The quantitative estimate of drug-likeness (QED) is 0.786. The summed E-state index contributed by atoms with van der Waals surface area (Å²) in [6.45, 7) is 6.99. The lowest BCUT2D eigenvalue weighted by atomic mass is 10.1. The SMILES string of the molecule is CCOCc1cc(C(=O)N2CCN(C(=O)OCC)CC2)ccc1OC. The van der Waals surface area contributed by atoms with Crippen LogP contribution in [0.1, 0.15) is 29.8 Å². The van der Waals surface area contributed by atoms with Crippen LogP contribution in [0.25, 0.3) is 0 Å². The molecule has 0 spiro atoms. The van der Waals surface area contributed by atoms with Gasteiger partial charge in [0.15, 0.2) is 0 Å². The lowest BCUT2D eigenvalue weighted by Gasteiger charge is -2.34. The Balaban J connectivity index is 2.02. The fourth-order valence-electron chi connectivity index (χ4n) is 2.73. The molecule has 2 rings (SSSR count). The van der Waals surface area contributed by atoms with E-state index in [4.69, 9.17) is 14.2 Å². The predicted octanol–water partition coefficient (Wildman–Crippen LogP) is 2.15. The summed E-state index contributed by atoms with van der Waals surface area (Å²) in [6.07, 6.45) is -0.321. The number of carbonyl (C=O) groups excluding carboxylic acids is 2. The maximum atomic E-state index is 12.7. The minimum absolute atomic E-state index is 0.0519. The van der Waals surface area contributed by atoms with E-state index in [1.54, 1.807) is 36.0 Å². The van der Waals surface area contributed by atoms with Gasteiger partial charge in [0.1, 0.15) is 5.75 Å². The molecule has 138 valence electrons. The summed E-state index contributed by atoms with van der Waals surface area (Å²) < 4.78 is 15.8. The van der Waals surface area contributed by atoms with Gasteiger partial charge in [-0.1, -0.05) is 0 Å². The van der Waals surface area contributed by atoms with Crippen LogP contribution >= 0.6 is 0 Å². The maximum absolute atomic E-state index is 12.7. The van der Waals surface area contributed by atoms with Gasteiger partial charge in [0.05, 0.1) is 20.3 Å². The Kier molecular flexibility index (Phi) is 7.06. The molecule has 2 amide bonds. The van der Waals surface area contributed by atoms with E-state index in [9.17, 15) is 9.59 Å². The minimum atomic E-state index is -0.321. The number of benzene rings is 1. The summed E-state index contributed by atoms with van der Waals surface area (Å²) in [4.78, 5) is 27.8. The van der Waals surface area contributed by atoms with Gasteiger partial charge < -0.3 is 24.0 Å². The smallest absolute Gasteiger partial charge is 0.409 e. The van der Waals surface area contributed by atoms with Crippen molar-refractivity contribution in [2.75, 3.05) is 46.5 Å². The largest absolute Gasteiger partial charge is 0.496 e. The first-order valence-corrected chi connectivity index (χ1v) is 8.56. The minimum Gasteiger partial charge on any atom is -0.496 e. The standard InChI is InChI=1S/C18H26N2O5/c1-4-24-13-15-12-14(6-7-16(15)23-3)17(21)19-8-10-20(11-9-19)18(22)25-5-2/h6-7,12H,4-5,8-11,13H2,1-3H3. The normalized spacial score (nSPS) is 14.4. The molecule has 0 bridgehead atoms. The van der Waals surface area contributed by atoms with Gasteiger partial charge in [-0.3, -0.25) is 4.79 Å². The van der Waals surface area contributed by atoms with E-state index >= 15 is 0 Å². The molecule has 0 aliphatic carbocycles. The Morgan fingerprint density at radius 2 is 1.72 bits per heavy atom. The van der Waals surface area contributed by atoms with Crippen LogP contribution in [0.5, 0.6) is 5.75 Å². The Morgan fingerprint density at radius 3 is 2.32 bits per heavy atom. The highest BCUT2D eigenvalue weighted by molar-refractivity contribution is 5.94. The number of piperazine rings is 1. The highest BCUT2D eigenvalue weighted by Crippen LogP contribution is 2.22. The van der Waals surface area contributed by atoms with Crippen LogP contribution in [0.15, 0.2) is 18.2 Å². The molecule has 0 aromatic heterocycles. The third-order valence-electron chi connectivity index (χ3n) is 4.08. The van der Waals surface area contributed by atoms with Gasteiger partial charge in [0, 0.05) is 43.9 Å². The first kappa shape index (κ1) is 19.1. The van der Waals surface area contributed by atoms with Crippen molar-refractivity contribution in [3.05, 3.63) is 29.3 Å². The van der Waals surface area contributed by atoms with Crippen LogP contribution < -0.4 is 4.74 Å². The highest BCUT2D eigenvalue weighted by atomic mass is 16.6. The van der Waals surface area contributed by atoms with Crippen molar-refractivity contribution in [3.8, 4) is 5.75 Å². The van der Waals surface area contributed by atoms with Crippen molar-refractivity contribution in [3.63, 3.8) is 0 Å². The van der Waals surface area contributed by atoms with Crippen molar-refractivity contribution in [2.45, 2.75) is 20.5 Å². The molecule has 1 fully saturated rings. The van der Waals surface area contributed by atoms with Gasteiger partial charge in [0.2, 0.25) is 0 Å². The topological polar surface area (TPSA) is 68.3 Å². The molecule has 1 aliphatic rings. The molecule has 0 saturated carbocycles. The first-order chi connectivity index (χ1) is 12.1. The number of amides is 2. The molecule has 1 aromatic carbocycles. The van der Waals surface area contributed by atoms with E-state index in [0.717, 1.165) is 5.56 Å². The second kappa shape index (κ2) is 9.27. The summed E-state index contributed by atoms with van der Waals surface area (Å²) in [6, 6.07) is 5.36. The molecule has 0 atom stereocenters. The van der Waals surface area contributed by atoms with Crippen LogP contribution in [0, 0.1) is 0 Å². The summed E-state index contributed by atoms with van der Waals surface area (Å²) in [7, 11) is 1.60. The van der Waals surface area contributed by atoms with Crippen LogP contribution in [-0.4, -0.2) is 68.3 Å². The lowest BCUT2D eigenvalue weighted by Crippen LogP contribution is -2.50. The average Bonchev–Trinajstić information content (AvgIpc) is 2.65. The zero-order valence-corrected chi connectivity index (χ0v) is 15.1. The molecule has 25 heavy (non-hydrogen) atoms. The fraction of sp³-hybridized carbons (Fsp3) is 0.556. The van der Waals surface area contributed by atoms with E-state index in [0.29, 0.717) is 57.3 Å². The molecular weight excluding hydrogens is 324 g/mol. The number of nitrogens with zero attached hydrogens (tertiary/aromatic N) is 2. The number of rotatable bonds is 6. The molecule has 0 unspecified atom stereocenters. The third kappa shape index (κ3) is 4.85. The van der Waals surface area contributed by atoms with Gasteiger partial charge >= 0.3 is 6.09 Å². The summed E-state index contributed by atoms with van der Waals surface area (Å²) in [5.74, 6) is 0.654. The maximum Gasteiger partial charge on any atom is 0.409 e. The van der Waals surface area contributed by atoms with Gasteiger partial charge in [-0.25, -0.2) is 4.79 Å². The third-order valence-corrected chi connectivity index (χ3v) is 4.08. The zero-order chi connectivity index (χ0) is 18.2. The highest BCUT2D eigenvalue weighted by Gasteiger charge is 2.25. The molecule has 7 heteroatoms. The van der Waals surface area contributed by atoms with Gasteiger partial charge in [0.25, 0.3) is 5.91 Å². The molecule has 1 heterocycles. The van der Waals surface area contributed by atoms with E-state index in [1.165, 1.54) is 0 Å². The van der Waals surface area contributed by atoms with E-state index in [-0.39, 0.29) is 12.0 Å². The Labute approximate surface area is 148 Å². The number of carbonyl (C=O) groups is 2. The van der Waals surface area contributed by atoms with Crippen LogP contribution in [-0.2, 0) is 16.1 Å². The molecule has 7 nitrogen and oxygen atoms in total. The molecule has 1 saturated heterocycles.